The van der Waals surface area contributed by atoms with Crippen molar-refractivity contribution in [2.45, 2.75) is 51.7 Å². The fourth-order valence-electron chi connectivity index (χ4n) is 3.29. The third-order valence-electron chi connectivity index (χ3n) is 5.68. The van der Waals surface area contributed by atoms with Crippen LogP contribution in [-0.4, -0.2) is 41.5 Å². The summed E-state index contributed by atoms with van der Waals surface area (Å²) in [4.78, 5) is 9.13. The average Bonchev–Trinajstić information content (AvgIpc) is 3.22. The first-order valence-corrected chi connectivity index (χ1v) is 9.21. The molecular weight excluding hydrogens is 327 g/mol. The highest BCUT2D eigenvalue weighted by Gasteiger charge is 2.52. The van der Waals surface area contributed by atoms with Crippen molar-refractivity contribution in [3.05, 3.63) is 47.5 Å². The first-order chi connectivity index (χ1) is 12.4. The number of allylic oxidation sites excluding steroid dienone is 4. The highest BCUT2D eigenvalue weighted by molar-refractivity contribution is 6.55. The van der Waals surface area contributed by atoms with Gasteiger partial charge < -0.3 is 14.0 Å². The van der Waals surface area contributed by atoms with Crippen molar-refractivity contribution >= 4 is 18.3 Å². The summed E-state index contributed by atoms with van der Waals surface area (Å²) in [6.07, 6.45) is 12.0. The van der Waals surface area contributed by atoms with E-state index in [0.717, 1.165) is 40.8 Å². The summed E-state index contributed by atoms with van der Waals surface area (Å²) in [5.41, 5.74) is 3.72. The molecule has 1 fully saturated rings. The van der Waals surface area contributed by atoms with E-state index in [9.17, 15) is 0 Å². The van der Waals surface area contributed by atoms with Gasteiger partial charge >= 0.3 is 7.12 Å². The van der Waals surface area contributed by atoms with Crippen LogP contribution in [-0.2, 0) is 14.0 Å². The molecule has 0 unspecified atom stereocenters. The SMILES string of the molecule is CC1(C)OB(C2=CC(c3ncc(C4=CCOC4)cn3)=CCC2)OC1(C)C. The fourth-order valence-corrected chi connectivity index (χ4v) is 3.29. The standard InChI is InChI=1S/C20H25BN2O3/c1-19(2)20(3,4)26-21(25-19)17-7-5-6-14(10-17)18-22-11-16(12-23-18)15-8-9-24-13-15/h6,8,10-12H,5,7,9,13H2,1-4H3. The van der Waals surface area contributed by atoms with Crippen molar-refractivity contribution in [1.29, 1.82) is 0 Å². The minimum absolute atomic E-state index is 0.302. The number of hydrogen-bond acceptors (Lipinski definition) is 5. The Balaban J connectivity index is 1.54. The Morgan fingerprint density at radius 2 is 1.69 bits per heavy atom. The van der Waals surface area contributed by atoms with E-state index in [0.29, 0.717) is 13.2 Å². The smallest absolute Gasteiger partial charge is 0.400 e. The van der Waals surface area contributed by atoms with Crippen LogP contribution in [0.4, 0.5) is 0 Å². The maximum atomic E-state index is 6.19. The summed E-state index contributed by atoms with van der Waals surface area (Å²) in [6, 6.07) is 0. The molecule has 4 rings (SSSR count). The minimum atomic E-state index is -0.324. The zero-order valence-electron chi connectivity index (χ0n) is 15.9. The van der Waals surface area contributed by atoms with Crippen molar-refractivity contribution in [2.75, 3.05) is 13.2 Å². The molecule has 26 heavy (non-hydrogen) atoms. The lowest BCUT2D eigenvalue weighted by Crippen LogP contribution is -2.41. The second-order valence-corrected chi connectivity index (χ2v) is 8.05. The lowest BCUT2D eigenvalue weighted by molar-refractivity contribution is 0.00578. The summed E-state index contributed by atoms with van der Waals surface area (Å²) in [5, 5.41) is 0. The van der Waals surface area contributed by atoms with Gasteiger partial charge in [-0.25, -0.2) is 9.97 Å². The Kier molecular flexibility index (Phi) is 4.37. The van der Waals surface area contributed by atoms with Crippen LogP contribution in [0.1, 0.15) is 51.9 Å². The van der Waals surface area contributed by atoms with E-state index in [1.54, 1.807) is 0 Å². The van der Waals surface area contributed by atoms with E-state index in [-0.39, 0.29) is 18.3 Å². The first kappa shape index (κ1) is 17.6. The molecule has 0 amide bonds. The second kappa shape index (κ2) is 6.45. The van der Waals surface area contributed by atoms with E-state index in [2.05, 4.69) is 55.9 Å². The number of nitrogens with zero attached hydrogens (tertiary/aromatic N) is 2. The van der Waals surface area contributed by atoms with Gasteiger partial charge in [0.15, 0.2) is 5.82 Å². The summed E-state index contributed by atoms with van der Waals surface area (Å²) < 4.78 is 17.8. The van der Waals surface area contributed by atoms with Gasteiger partial charge in [0.1, 0.15) is 0 Å². The molecule has 6 heteroatoms. The normalized spacial score (nSPS) is 24.3. The number of aromatic nitrogens is 2. The molecule has 0 N–H and O–H groups in total. The fraction of sp³-hybridized carbons (Fsp3) is 0.500. The molecule has 0 aromatic carbocycles. The van der Waals surface area contributed by atoms with Crippen LogP contribution in [0.3, 0.4) is 0 Å². The zero-order valence-corrected chi connectivity index (χ0v) is 15.9. The van der Waals surface area contributed by atoms with Crippen molar-refractivity contribution in [2.24, 2.45) is 0 Å². The Hall–Kier alpha value is -1.76. The Labute approximate surface area is 155 Å². The van der Waals surface area contributed by atoms with Crippen LogP contribution in [0.2, 0.25) is 0 Å². The van der Waals surface area contributed by atoms with E-state index in [1.807, 2.05) is 12.4 Å². The minimum Gasteiger partial charge on any atom is -0.400 e. The van der Waals surface area contributed by atoms with E-state index >= 15 is 0 Å². The van der Waals surface area contributed by atoms with Crippen LogP contribution in [0.25, 0.3) is 11.1 Å². The molecule has 0 bridgehead atoms. The Morgan fingerprint density at radius 1 is 1.00 bits per heavy atom. The number of hydrogen-bond donors (Lipinski definition) is 0. The maximum Gasteiger partial charge on any atom is 0.490 e. The number of rotatable bonds is 3. The predicted octanol–water partition coefficient (Wildman–Crippen LogP) is 3.63. The van der Waals surface area contributed by atoms with Crippen molar-refractivity contribution in [3.63, 3.8) is 0 Å². The molecule has 3 heterocycles. The monoisotopic (exact) mass is 352 g/mol. The summed E-state index contributed by atoms with van der Waals surface area (Å²) in [7, 11) is -0.302. The van der Waals surface area contributed by atoms with E-state index in [1.165, 1.54) is 0 Å². The Bertz CT molecular complexity index is 778. The summed E-state index contributed by atoms with van der Waals surface area (Å²) in [5.74, 6) is 0.738. The van der Waals surface area contributed by atoms with Gasteiger partial charge in [-0.3, -0.25) is 0 Å². The lowest BCUT2D eigenvalue weighted by atomic mass is 9.73. The first-order valence-electron chi connectivity index (χ1n) is 9.21. The maximum absolute atomic E-state index is 6.19. The van der Waals surface area contributed by atoms with Gasteiger partial charge in [-0.1, -0.05) is 18.2 Å². The van der Waals surface area contributed by atoms with Crippen LogP contribution in [0.15, 0.2) is 36.1 Å². The molecule has 3 aliphatic rings. The Morgan fingerprint density at radius 3 is 2.31 bits per heavy atom. The van der Waals surface area contributed by atoms with Crippen LogP contribution in [0.5, 0.6) is 0 Å². The molecule has 2 aliphatic heterocycles. The summed E-state index contributed by atoms with van der Waals surface area (Å²) >= 11 is 0. The third-order valence-corrected chi connectivity index (χ3v) is 5.68. The molecule has 0 spiro atoms. The average molecular weight is 352 g/mol. The van der Waals surface area contributed by atoms with E-state index < -0.39 is 0 Å². The molecule has 1 aliphatic carbocycles. The van der Waals surface area contributed by atoms with Crippen molar-refractivity contribution in [3.8, 4) is 0 Å². The van der Waals surface area contributed by atoms with Gasteiger partial charge in [0.2, 0.25) is 0 Å². The highest BCUT2D eigenvalue weighted by Crippen LogP contribution is 2.40. The molecule has 136 valence electrons. The molecule has 5 nitrogen and oxygen atoms in total. The van der Waals surface area contributed by atoms with Gasteiger partial charge in [-0.05, 0) is 51.6 Å². The van der Waals surface area contributed by atoms with Crippen LogP contribution < -0.4 is 0 Å². The van der Waals surface area contributed by atoms with Gasteiger partial charge in [-0.15, -0.1) is 0 Å². The topological polar surface area (TPSA) is 53.5 Å². The van der Waals surface area contributed by atoms with Crippen LogP contribution >= 0.6 is 0 Å². The van der Waals surface area contributed by atoms with Crippen molar-refractivity contribution < 1.29 is 14.0 Å². The molecule has 1 aromatic rings. The van der Waals surface area contributed by atoms with Gasteiger partial charge in [0.05, 0.1) is 24.4 Å². The second-order valence-electron chi connectivity index (χ2n) is 8.05. The van der Waals surface area contributed by atoms with Gasteiger partial charge in [0.25, 0.3) is 0 Å². The largest absolute Gasteiger partial charge is 0.490 e. The third kappa shape index (κ3) is 3.17. The van der Waals surface area contributed by atoms with E-state index in [4.69, 9.17) is 14.0 Å². The quantitative estimate of drug-likeness (QED) is 0.778. The highest BCUT2D eigenvalue weighted by atomic mass is 16.7. The predicted molar refractivity (Wildman–Crippen MR) is 102 cm³/mol. The lowest BCUT2D eigenvalue weighted by Gasteiger charge is -2.32. The van der Waals surface area contributed by atoms with Gasteiger partial charge in [0, 0.05) is 23.5 Å². The zero-order chi connectivity index (χ0) is 18.4. The molecule has 0 radical (unpaired) electrons. The molecule has 0 saturated carbocycles. The molecular formula is C20H25BN2O3. The van der Waals surface area contributed by atoms with Gasteiger partial charge in [-0.2, -0.15) is 0 Å². The van der Waals surface area contributed by atoms with Crippen molar-refractivity contribution in [1.82, 2.24) is 9.97 Å². The summed E-state index contributed by atoms with van der Waals surface area (Å²) in [6.45, 7) is 9.62. The number of ether oxygens (including phenoxy) is 1. The molecule has 1 saturated heterocycles. The molecule has 0 atom stereocenters. The van der Waals surface area contributed by atoms with Crippen LogP contribution in [0, 0.1) is 0 Å². The molecule has 1 aromatic heterocycles.